The summed E-state index contributed by atoms with van der Waals surface area (Å²) in [6.45, 7) is 6.04. The molecule has 1 aliphatic rings. The molecule has 1 unspecified atom stereocenters. The third kappa shape index (κ3) is 5.69. The first-order valence-electron chi connectivity index (χ1n) is 10.4. The molecule has 9 heteroatoms. The predicted molar refractivity (Wildman–Crippen MR) is 115 cm³/mol. The maximum atomic E-state index is 13.1. The summed E-state index contributed by atoms with van der Waals surface area (Å²) >= 11 is 0. The van der Waals surface area contributed by atoms with Crippen LogP contribution in [0.4, 0.5) is 0 Å². The molecule has 0 bridgehead atoms. The van der Waals surface area contributed by atoms with E-state index in [1.54, 1.807) is 23.6 Å². The molecule has 1 atom stereocenters. The lowest BCUT2D eigenvalue weighted by atomic mass is 10.1. The van der Waals surface area contributed by atoms with Crippen LogP contribution >= 0.6 is 0 Å². The Morgan fingerprint density at radius 1 is 1.26 bits per heavy atom. The molecule has 1 aromatic heterocycles. The number of aromatic nitrogens is 2. The van der Waals surface area contributed by atoms with Gasteiger partial charge in [0, 0.05) is 39.4 Å². The number of hydrogen-bond donors (Lipinski definition) is 2. The fourth-order valence-corrected chi connectivity index (χ4v) is 3.49. The van der Waals surface area contributed by atoms with Crippen LogP contribution in [-0.2, 0) is 22.6 Å². The van der Waals surface area contributed by atoms with E-state index in [0.29, 0.717) is 38.5 Å². The van der Waals surface area contributed by atoms with Crippen molar-refractivity contribution < 1.29 is 19.1 Å². The summed E-state index contributed by atoms with van der Waals surface area (Å²) in [7, 11) is 1.55. The molecule has 2 aromatic rings. The zero-order valence-corrected chi connectivity index (χ0v) is 18.2. The summed E-state index contributed by atoms with van der Waals surface area (Å²) in [6.07, 6.45) is 0.742. The van der Waals surface area contributed by atoms with Crippen molar-refractivity contribution in [3.05, 3.63) is 52.8 Å². The van der Waals surface area contributed by atoms with Gasteiger partial charge in [0.05, 0.1) is 6.61 Å². The average Bonchev–Trinajstić information content (AvgIpc) is 3.11. The highest BCUT2D eigenvalue weighted by molar-refractivity contribution is 5.99. The topological polar surface area (TPSA) is 106 Å². The molecular weight excluding hydrogens is 398 g/mol. The summed E-state index contributed by atoms with van der Waals surface area (Å²) in [6, 6.07) is 8.83. The van der Waals surface area contributed by atoms with E-state index < -0.39 is 11.9 Å². The summed E-state index contributed by atoms with van der Waals surface area (Å²) in [5.74, 6) is -0.963. The van der Waals surface area contributed by atoms with Crippen molar-refractivity contribution >= 4 is 17.7 Å². The largest absolute Gasteiger partial charge is 0.383 e. The van der Waals surface area contributed by atoms with Gasteiger partial charge in [-0.15, -0.1) is 0 Å². The minimum Gasteiger partial charge on any atom is -0.383 e. The number of hydrogen-bond acceptors (Lipinski definition) is 5. The fraction of sp³-hybridized carbons (Fsp3) is 0.455. The first-order chi connectivity index (χ1) is 14.9. The van der Waals surface area contributed by atoms with Crippen molar-refractivity contribution in [2.45, 2.75) is 39.4 Å². The number of aryl methyl sites for hydroxylation is 2. The molecule has 3 amide bonds. The highest BCUT2D eigenvalue weighted by atomic mass is 16.5. The molecule has 2 N–H and O–H groups in total. The van der Waals surface area contributed by atoms with Crippen LogP contribution in [0.5, 0.6) is 0 Å². The maximum absolute atomic E-state index is 13.1. The Bertz CT molecular complexity index is 955. The summed E-state index contributed by atoms with van der Waals surface area (Å²) < 4.78 is 6.47. The van der Waals surface area contributed by atoms with Gasteiger partial charge in [-0.25, -0.2) is 0 Å². The van der Waals surface area contributed by atoms with Crippen LogP contribution in [0.15, 0.2) is 30.3 Å². The van der Waals surface area contributed by atoms with Crippen LogP contribution < -0.4 is 10.6 Å². The van der Waals surface area contributed by atoms with Crippen LogP contribution in [0, 0.1) is 6.92 Å². The minimum atomic E-state index is -0.737. The second-order valence-corrected chi connectivity index (χ2v) is 7.69. The highest BCUT2D eigenvalue weighted by Gasteiger charge is 2.27. The molecule has 0 saturated carbocycles. The molecule has 1 aromatic carbocycles. The van der Waals surface area contributed by atoms with E-state index in [1.807, 2.05) is 25.1 Å². The van der Waals surface area contributed by atoms with Gasteiger partial charge in [-0.05, 0) is 25.8 Å². The van der Waals surface area contributed by atoms with Gasteiger partial charge in [-0.1, -0.05) is 29.8 Å². The Morgan fingerprint density at radius 3 is 2.81 bits per heavy atom. The second-order valence-electron chi connectivity index (χ2n) is 7.69. The smallest absolute Gasteiger partial charge is 0.272 e. The lowest BCUT2D eigenvalue weighted by molar-refractivity contribution is -0.122. The Morgan fingerprint density at radius 2 is 2.06 bits per heavy atom. The Hall–Kier alpha value is -3.20. The molecule has 1 aliphatic heterocycles. The van der Waals surface area contributed by atoms with Crippen LogP contribution in [0.3, 0.4) is 0 Å². The SMILES string of the molecule is COCCNC(=O)C(C)NC(=O)c1cc2n(n1)CCCN(Cc1cccc(C)c1)C2=O. The first kappa shape index (κ1) is 22.5. The van der Waals surface area contributed by atoms with Crippen LogP contribution in [0.25, 0.3) is 0 Å². The van der Waals surface area contributed by atoms with Crippen LogP contribution in [0.1, 0.15) is 45.4 Å². The van der Waals surface area contributed by atoms with Crippen LogP contribution in [0.2, 0.25) is 0 Å². The number of carbonyl (C=O) groups is 3. The van der Waals surface area contributed by atoms with E-state index in [2.05, 4.69) is 21.8 Å². The minimum absolute atomic E-state index is 0.122. The predicted octanol–water partition coefficient (Wildman–Crippen LogP) is 1.12. The number of ether oxygens (including phenoxy) is 1. The number of carbonyl (C=O) groups excluding carboxylic acids is 3. The monoisotopic (exact) mass is 427 g/mol. The third-order valence-corrected chi connectivity index (χ3v) is 5.12. The van der Waals surface area contributed by atoms with Gasteiger partial charge in [0.2, 0.25) is 5.91 Å². The third-order valence-electron chi connectivity index (χ3n) is 5.12. The molecule has 0 fully saturated rings. The molecule has 0 aliphatic carbocycles. The van der Waals surface area contributed by atoms with Crippen molar-refractivity contribution in [3.8, 4) is 0 Å². The van der Waals surface area contributed by atoms with Crippen molar-refractivity contribution in [2.75, 3.05) is 26.8 Å². The van der Waals surface area contributed by atoms with E-state index in [1.165, 1.54) is 6.07 Å². The summed E-state index contributed by atoms with van der Waals surface area (Å²) in [4.78, 5) is 39.5. The molecule has 9 nitrogen and oxygen atoms in total. The summed E-state index contributed by atoms with van der Waals surface area (Å²) in [5.41, 5.74) is 2.71. The van der Waals surface area contributed by atoms with E-state index >= 15 is 0 Å². The zero-order valence-electron chi connectivity index (χ0n) is 18.2. The van der Waals surface area contributed by atoms with E-state index in [4.69, 9.17) is 4.74 Å². The molecular formula is C22H29N5O4. The van der Waals surface area contributed by atoms with Crippen molar-refractivity contribution in [2.24, 2.45) is 0 Å². The van der Waals surface area contributed by atoms with Crippen molar-refractivity contribution in [1.82, 2.24) is 25.3 Å². The van der Waals surface area contributed by atoms with Gasteiger partial charge in [-0.2, -0.15) is 5.10 Å². The van der Waals surface area contributed by atoms with Crippen molar-refractivity contribution in [1.29, 1.82) is 0 Å². The quantitative estimate of drug-likeness (QED) is 0.614. The maximum Gasteiger partial charge on any atom is 0.272 e. The van der Waals surface area contributed by atoms with Gasteiger partial charge in [0.1, 0.15) is 11.7 Å². The number of rotatable bonds is 8. The van der Waals surface area contributed by atoms with E-state index in [-0.39, 0.29) is 17.5 Å². The molecule has 0 saturated heterocycles. The van der Waals surface area contributed by atoms with Gasteiger partial charge in [0.25, 0.3) is 11.8 Å². The van der Waals surface area contributed by atoms with E-state index in [9.17, 15) is 14.4 Å². The molecule has 3 rings (SSSR count). The van der Waals surface area contributed by atoms with Gasteiger partial charge >= 0.3 is 0 Å². The Labute approximate surface area is 181 Å². The number of methoxy groups -OCH3 is 1. The molecule has 0 radical (unpaired) electrons. The molecule has 31 heavy (non-hydrogen) atoms. The number of benzene rings is 1. The van der Waals surface area contributed by atoms with E-state index in [0.717, 1.165) is 17.5 Å². The molecule has 2 heterocycles. The second kappa shape index (κ2) is 10.2. The normalized spacial score (nSPS) is 14.5. The number of nitrogens with one attached hydrogen (secondary N) is 2. The molecule has 0 spiro atoms. The highest BCUT2D eigenvalue weighted by Crippen LogP contribution is 2.17. The Balaban J connectivity index is 1.67. The molecule has 166 valence electrons. The Kier molecular flexibility index (Phi) is 7.41. The van der Waals surface area contributed by atoms with Gasteiger partial charge < -0.3 is 20.3 Å². The standard InChI is InChI=1S/C22H29N5O4/c1-15-6-4-7-17(12-15)14-26-9-5-10-27-19(22(26)30)13-18(25-27)21(29)24-16(2)20(28)23-8-11-31-3/h4,6-7,12-13,16H,5,8-11,14H2,1-3H3,(H,23,28)(H,24,29). The zero-order chi connectivity index (χ0) is 22.4. The number of amides is 3. The first-order valence-corrected chi connectivity index (χ1v) is 10.4. The van der Waals surface area contributed by atoms with Gasteiger partial charge in [-0.3, -0.25) is 19.1 Å². The lowest BCUT2D eigenvalue weighted by Gasteiger charge is -2.20. The number of fused-ring (bicyclic) bond motifs is 1. The van der Waals surface area contributed by atoms with Gasteiger partial charge in [0.15, 0.2) is 5.69 Å². The fourth-order valence-electron chi connectivity index (χ4n) is 3.49. The lowest BCUT2D eigenvalue weighted by Crippen LogP contribution is -2.45. The van der Waals surface area contributed by atoms with Crippen molar-refractivity contribution in [3.63, 3.8) is 0 Å². The summed E-state index contributed by atoms with van der Waals surface area (Å²) in [5, 5.41) is 9.61. The van der Waals surface area contributed by atoms with Crippen LogP contribution in [-0.4, -0.2) is 65.2 Å². The number of nitrogens with zero attached hydrogens (tertiary/aromatic N) is 3. The average molecular weight is 428 g/mol.